The molecule has 1 nitrogen and oxygen atoms in total. The molecule has 0 aromatic rings. The summed E-state index contributed by atoms with van der Waals surface area (Å²) in [6.45, 7) is 3.64. The lowest BCUT2D eigenvalue weighted by molar-refractivity contribution is 1.02. The van der Waals surface area contributed by atoms with E-state index in [2.05, 4.69) is 17.2 Å². The Labute approximate surface area is 46.1 Å². The smallest absolute Gasteiger partial charge is 0.00271 e. The van der Waals surface area contributed by atoms with Crippen LogP contribution in [0.25, 0.3) is 0 Å². The summed E-state index contributed by atoms with van der Waals surface area (Å²) in [6, 6.07) is 0. The van der Waals surface area contributed by atoms with Crippen molar-refractivity contribution in [1.82, 2.24) is 5.32 Å². The van der Waals surface area contributed by atoms with Crippen LogP contribution in [0.15, 0.2) is 0 Å². The van der Waals surface area contributed by atoms with E-state index in [1.165, 1.54) is 0 Å². The van der Waals surface area contributed by atoms with Crippen LogP contribution in [0.2, 0.25) is 0 Å². The van der Waals surface area contributed by atoms with Gasteiger partial charge >= 0.3 is 0 Å². The average Bonchev–Trinajstić information content (AvgIpc) is 1.69. The van der Waals surface area contributed by atoms with E-state index in [9.17, 15) is 0 Å². The molecule has 0 aliphatic carbocycles. The summed E-state index contributed by atoms with van der Waals surface area (Å²) in [5.41, 5.74) is 0. The van der Waals surface area contributed by atoms with Gasteiger partial charge in [-0.2, -0.15) is 0 Å². The zero-order valence-corrected chi connectivity index (χ0v) is 5.50. The highest BCUT2D eigenvalue weighted by atomic mass is 14.7. The van der Waals surface area contributed by atoms with E-state index in [-0.39, 0.29) is 0 Å². The Hall–Kier alpha value is -0.480. The maximum atomic E-state index is 2.75. The topological polar surface area (TPSA) is 12.0 Å². The van der Waals surface area contributed by atoms with Crippen molar-refractivity contribution in [2.24, 2.45) is 0 Å². The lowest BCUT2D eigenvalue weighted by Crippen LogP contribution is -1.89. The lowest BCUT2D eigenvalue weighted by Gasteiger charge is -1.59. The second-order valence-electron chi connectivity index (χ2n) is 1.00. The zero-order valence-electron chi connectivity index (χ0n) is 5.50. The van der Waals surface area contributed by atoms with Gasteiger partial charge in [-0.3, -0.25) is 0 Å². The van der Waals surface area contributed by atoms with E-state index < -0.39 is 0 Å². The fourth-order valence-corrected chi connectivity index (χ4v) is 0. The van der Waals surface area contributed by atoms with Crippen LogP contribution >= 0.6 is 0 Å². The first kappa shape index (κ1) is 9.72. The van der Waals surface area contributed by atoms with Gasteiger partial charge in [-0.25, -0.2) is 0 Å². The lowest BCUT2D eigenvalue weighted by atomic mass is 10.7. The maximum Gasteiger partial charge on any atom is -0.00271 e. The van der Waals surface area contributed by atoms with Crippen LogP contribution < -0.4 is 5.32 Å². The standard InChI is InChI=1S/C4H6.C2H7N/c1-3-4-2;1-3-2/h1-2H3;3H,1-2H3. The molecule has 0 amide bonds. The first-order valence-electron chi connectivity index (χ1n) is 2.25. The molecule has 7 heavy (non-hydrogen) atoms. The fraction of sp³-hybridized carbons (Fsp3) is 0.667. The molecule has 0 aromatic carbocycles. The van der Waals surface area contributed by atoms with Gasteiger partial charge in [-0.1, -0.05) is 0 Å². The van der Waals surface area contributed by atoms with Crippen molar-refractivity contribution >= 4 is 0 Å². The third-order valence-corrected chi connectivity index (χ3v) is 0.250. The molecular weight excluding hydrogens is 86.1 g/mol. The quantitative estimate of drug-likeness (QED) is 0.444. The van der Waals surface area contributed by atoms with Gasteiger partial charge in [0, 0.05) is 0 Å². The minimum Gasteiger partial charge on any atom is -0.323 e. The normalized spacial score (nSPS) is 4.57. The molecule has 0 aliphatic rings. The monoisotopic (exact) mass is 99.1 g/mol. The molecule has 0 aliphatic heterocycles. The molecule has 1 heteroatoms. The molecule has 0 fully saturated rings. The highest BCUT2D eigenvalue weighted by molar-refractivity contribution is 4.89. The van der Waals surface area contributed by atoms with Crippen molar-refractivity contribution < 1.29 is 0 Å². The van der Waals surface area contributed by atoms with E-state index in [1.807, 2.05) is 27.9 Å². The molecule has 0 saturated heterocycles. The summed E-state index contributed by atoms with van der Waals surface area (Å²) in [5.74, 6) is 5.36. The van der Waals surface area contributed by atoms with Gasteiger partial charge < -0.3 is 5.32 Å². The molecule has 0 bridgehead atoms. The van der Waals surface area contributed by atoms with E-state index >= 15 is 0 Å². The first-order valence-corrected chi connectivity index (χ1v) is 2.25. The van der Waals surface area contributed by atoms with Gasteiger partial charge in [0.05, 0.1) is 0 Å². The van der Waals surface area contributed by atoms with Crippen LogP contribution in [-0.4, -0.2) is 14.1 Å². The van der Waals surface area contributed by atoms with Gasteiger partial charge in [0.1, 0.15) is 0 Å². The van der Waals surface area contributed by atoms with Crippen LogP contribution in [0.3, 0.4) is 0 Å². The Morgan fingerprint density at radius 1 is 1.00 bits per heavy atom. The summed E-state index contributed by atoms with van der Waals surface area (Å²) in [6.07, 6.45) is 0. The molecular formula is C6H13N. The van der Waals surface area contributed by atoms with Crippen LogP contribution in [0, 0.1) is 11.8 Å². The van der Waals surface area contributed by atoms with Gasteiger partial charge in [0.2, 0.25) is 0 Å². The van der Waals surface area contributed by atoms with Crippen molar-refractivity contribution in [3.63, 3.8) is 0 Å². The Morgan fingerprint density at radius 2 is 1.14 bits per heavy atom. The molecule has 0 spiro atoms. The fourth-order valence-electron chi connectivity index (χ4n) is 0. The van der Waals surface area contributed by atoms with Crippen molar-refractivity contribution in [2.45, 2.75) is 13.8 Å². The van der Waals surface area contributed by atoms with Crippen LogP contribution in [0.4, 0.5) is 0 Å². The summed E-state index contributed by atoms with van der Waals surface area (Å²) >= 11 is 0. The third kappa shape index (κ3) is 253. The van der Waals surface area contributed by atoms with E-state index in [1.54, 1.807) is 0 Å². The molecule has 1 N–H and O–H groups in total. The number of nitrogens with one attached hydrogen (secondary N) is 1. The third-order valence-electron chi connectivity index (χ3n) is 0.250. The minimum absolute atomic E-state index is 1.82. The van der Waals surface area contributed by atoms with Crippen LogP contribution in [-0.2, 0) is 0 Å². The van der Waals surface area contributed by atoms with E-state index in [0.717, 1.165) is 0 Å². The summed E-state index contributed by atoms with van der Waals surface area (Å²) in [7, 11) is 3.75. The van der Waals surface area contributed by atoms with Crippen molar-refractivity contribution in [3.8, 4) is 11.8 Å². The van der Waals surface area contributed by atoms with Gasteiger partial charge in [-0.15, -0.1) is 11.8 Å². The number of rotatable bonds is 0. The summed E-state index contributed by atoms with van der Waals surface area (Å²) in [4.78, 5) is 0. The van der Waals surface area contributed by atoms with E-state index in [4.69, 9.17) is 0 Å². The molecule has 42 valence electrons. The first-order chi connectivity index (χ1) is 3.33. The Bertz CT molecular complexity index is 50.3. The Balaban J connectivity index is 0. The van der Waals surface area contributed by atoms with Crippen molar-refractivity contribution in [1.29, 1.82) is 0 Å². The second kappa shape index (κ2) is 17.8. The van der Waals surface area contributed by atoms with Crippen LogP contribution in [0.5, 0.6) is 0 Å². The van der Waals surface area contributed by atoms with Crippen molar-refractivity contribution in [2.75, 3.05) is 14.1 Å². The molecule has 0 radical (unpaired) electrons. The Kier molecular flexibility index (Phi) is 24.7. The molecule has 0 unspecified atom stereocenters. The molecule has 0 saturated carbocycles. The number of hydrogen-bond donors (Lipinski definition) is 1. The minimum atomic E-state index is 1.82. The second-order valence-corrected chi connectivity index (χ2v) is 1.00. The van der Waals surface area contributed by atoms with Gasteiger partial charge in [0.25, 0.3) is 0 Å². The SMILES string of the molecule is CC#CC.CNC. The number of hydrogen-bond acceptors (Lipinski definition) is 1. The average molecular weight is 99.2 g/mol. The maximum absolute atomic E-state index is 2.75. The molecule has 0 rings (SSSR count). The predicted octanol–water partition coefficient (Wildman–Crippen LogP) is 0.865. The zero-order chi connectivity index (χ0) is 6.12. The molecule has 0 heterocycles. The molecule has 0 aromatic heterocycles. The van der Waals surface area contributed by atoms with Gasteiger partial charge in [-0.05, 0) is 27.9 Å². The van der Waals surface area contributed by atoms with Gasteiger partial charge in [0.15, 0.2) is 0 Å². The largest absolute Gasteiger partial charge is 0.323 e. The van der Waals surface area contributed by atoms with E-state index in [0.29, 0.717) is 0 Å². The highest BCUT2D eigenvalue weighted by Gasteiger charge is 1.26. The summed E-state index contributed by atoms with van der Waals surface area (Å²) in [5, 5.41) is 2.75. The van der Waals surface area contributed by atoms with Crippen molar-refractivity contribution in [3.05, 3.63) is 0 Å². The summed E-state index contributed by atoms with van der Waals surface area (Å²) < 4.78 is 0. The Morgan fingerprint density at radius 3 is 1.14 bits per heavy atom. The van der Waals surface area contributed by atoms with Crippen LogP contribution in [0.1, 0.15) is 13.8 Å². The molecule has 0 atom stereocenters. The highest BCUT2D eigenvalue weighted by Crippen LogP contribution is 1.39. The predicted molar refractivity (Wildman–Crippen MR) is 34.1 cm³/mol.